The third-order valence-corrected chi connectivity index (χ3v) is 2.01. The minimum Gasteiger partial charge on any atom is -0.420 e. The van der Waals surface area contributed by atoms with Crippen LogP contribution in [-0.2, 0) is 5.41 Å². The first-order chi connectivity index (χ1) is 7.07. The minimum atomic E-state index is -0.111. The van der Waals surface area contributed by atoms with Gasteiger partial charge in [0.05, 0.1) is 0 Å². The topological polar surface area (TPSA) is 38.9 Å². The quantitative estimate of drug-likeness (QED) is 0.712. The number of hydrogen-bond donors (Lipinski definition) is 0. The van der Waals surface area contributed by atoms with Gasteiger partial charge in [-0.05, 0) is 12.1 Å². The Morgan fingerprint density at radius 3 is 2.53 bits per heavy atom. The van der Waals surface area contributed by atoms with E-state index in [0.717, 1.165) is 5.56 Å². The summed E-state index contributed by atoms with van der Waals surface area (Å²) < 4.78 is 5.58. The maximum absolute atomic E-state index is 5.58. The molecule has 0 fully saturated rings. The Morgan fingerprint density at radius 1 is 1.20 bits per heavy atom. The van der Waals surface area contributed by atoms with Crippen LogP contribution in [0.3, 0.4) is 0 Å². The Morgan fingerprint density at radius 2 is 2.00 bits per heavy atom. The molecule has 0 N–H and O–H groups in total. The zero-order valence-corrected chi connectivity index (χ0v) is 9.11. The SMILES string of the molecule is CC(C)(C)c1nnc(-c2[c]cccc2)o1. The van der Waals surface area contributed by atoms with Crippen molar-refractivity contribution in [2.45, 2.75) is 26.2 Å². The van der Waals surface area contributed by atoms with Gasteiger partial charge in [-0.25, -0.2) is 0 Å². The highest BCUT2D eigenvalue weighted by Crippen LogP contribution is 2.24. The van der Waals surface area contributed by atoms with Crippen LogP contribution < -0.4 is 0 Å². The van der Waals surface area contributed by atoms with E-state index >= 15 is 0 Å². The van der Waals surface area contributed by atoms with Gasteiger partial charge in [0.1, 0.15) is 0 Å². The zero-order valence-electron chi connectivity index (χ0n) is 9.11. The van der Waals surface area contributed by atoms with E-state index in [2.05, 4.69) is 16.3 Å². The summed E-state index contributed by atoms with van der Waals surface area (Å²) in [5.41, 5.74) is 0.723. The fourth-order valence-corrected chi connectivity index (χ4v) is 1.16. The van der Waals surface area contributed by atoms with Crippen molar-refractivity contribution >= 4 is 0 Å². The van der Waals surface area contributed by atoms with Crippen molar-refractivity contribution in [3.05, 3.63) is 36.2 Å². The van der Waals surface area contributed by atoms with Gasteiger partial charge in [0.2, 0.25) is 11.8 Å². The van der Waals surface area contributed by atoms with Crippen LogP contribution in [0.1, 0.15) is 26.7 Å². The lowest BCUT2D eigenvalue weighted by atomic mass is 9.97. The van der Waals surface area contributed by atoms with E-state index in [1.165, 1.54) is 0 Å². The number of rotatable bonds is 1. The van der Waals surface area contributed by atoms with Crippen LogP contribution in [0, 0.1) is 6.07 Å². The van der Waals surface area contributed by atoms with Crippen molar-refractivity contribution in [1.29, 1.82) is 0 Å². The molecule has 1 aromatic carbocycles. The lowest BCUT2D eigenvalue weighted by Gasteiger charge is -2.10. The predicted molar refractivity (Wildman–Crippen MR) is 57.3 cm³/mol. The van der Waals surface area contributed by atoms with Crippen molar-refractivity contribution in [2.24, 2.45) is 0 Å². The van der Waals surface area contributed by atoms with E-state index in [-0.39, 0.29) is 5.41 Å². The van der Waals surface area contributed by atoms with Crippen molar-refractivity contribution < 1.29 is 4.42 Å². The average molecular weight is 201 g/mol. The number of aromatic nitrogens is 2. The monoisotopic (exact) mass is 201 g/mol. The van der Waals surface area contributed by atoms with Gasteiger partial charge in [-0.15, -0.1) is 10.2 Å². The lowest BCUT2D eigenvalue weighted by molar-refractivity contribution is 0.399. The Labute approximate surface area is 89.2 Å². The highest BCUT2D eigenvalue weighted by Gasteiger charge is 2.21. The van der Waals surface area contributed by atoms with E-state index in [1.54, 1.807) is 0 Å². The molecule has 0 saturated carbocycles. The predicted octanol–water partition coefficient (Wildman–Crippen LogP) is 2.83. The molecule has 0 spiro atoms. The van der Waals surface area contributed by atoms with Crippen LogP contribution in [0.25, 0.3) is 11.5 Å². The van der Waals surface area contributed by atoms with Crippen LogP contribution in [0.2, 0.25) is 0 Å². The normalized spacial score (nSPS) is 11.7. The molecule has 0 unspecified atom stereocenters. The number of hydrogen-bond acceptors (Lipinski definition) is 3. The summed E-state index contributed by atoms with van der Waals surface area (Å²) in [6, 6.07) is 10.6. The van der Waals surface area contributed by atoms with Crippen LogP contribution >= 0.6 is 0 Å². The van der Waals surface area contributed by atoms with Crippen LogP contribution in [0.15, 0.2) is 28.7 Å². The molecule has 0 bridgehead atoms. The van der Waals surface area contributed by atoms with Gasteiger partial charge in [-0.1, -0.05) is 39.0 Å². The van der Waals surface area contributed by atoms with Crippen LogP contribution in [0.4, 0.5) is 0 Å². The molecule has 3 nitrogen and oxygen atoms in total. The molecular formula is C12H13N2O. The molecule has 77 valence electrons. The summed E-state index contributed by atoms with van der Waals surface area (Å²) in [4.78, 5) is 0. The standard InChI is InChI=1S/C12H13N2O/c1-12(2,3)11-14-13-10(15-11)9-7-5-4-6-8-9/h4-7H,1-3H3. The first kappa shape index (κ1) is 9.90. The molecule has 0 aliphatic heterocycles. The van der Waals surface area contributed by atoms with Gasteiger partial charge in [0.25, 0.3) is 0 Å². The van der Waals surface area contributed by atoms with E-state index in [0.29, 0.717) is 11.8 Å². The summed E-state index contributed by atoms with van der Waals surface area (Å²) in [7, 11) is 0. The van der Waals surface area contributed by atoms with Gasteiger partial charge in [-0.2, -0.15) is 0 Å². The molecule has 0 aliphatic rings. The van der Waals surface area contributed by atoms with Gasteiger partial charge in [0.15, 0.2) is 0 Å². The highest BCUT2D eigenvalue weighted by molar-refractivity contribution is 5.50. The molecule has 1 heterocycles. The maximum Gasteiger partial charge on any atom is 0.248 e. The molecule has 15 heavy (non-hydrogen) atoms. The van der Waals surface area contributed by atoms with Crippen molar-refractivity contribution in [3.8, 4) is 11.5 Å². The van der Waals surface area contributed by atoms with E-state index in [1.807, 2.05) is 45.0 Å². The maximum atomic E-state index is 5.58. The lowest BCUT2D eigenvalue weighted by Crippen LogP contribution is -2.11. The first-order valence-corrected chi connectivity index (χ1v) is 4.88. The Hall–Kier alpha value is -1.64. The Balaban J connectivity index is 2.37. The largest absolute Gasteiger partial charge is 0.420 e. The second kappa shape index (κ2) is 3.50. The Kier molecular flexibility index (Phi) is 2.31. The van der Waals surface area contributed by atoms with Gasteiger partial charge in [-0.3, -0.25) is 0 Å². The molecule has 2 rings (SSSR count). The highest BCUT2D eigenvalue weighted by atomic mass is 16.4. The smallest absolute Gasteiger partial charge is 0.248 e. The van der Waals surface area contributed by atoms with Crippen LogP contribution in [-0.4, -0.2) is 10.2 Å². The van der Waals surface area contributed by atoms with Crippen molar-refractivity contribution in [1.82, 2.24) is 10.2 Å². The summed E-state index contributed by atoms with van der Waals surface area (Å²) in [5, 5.41) is 8.03. The van der Waals surface area contributed by atoms with E-state index < -0.39 is 0 Å². The fraction of sp³-hybridized carbons (Fsp3) is 0.333. The average Bonchev–Trinajstić information content (AvgIpc) is 2.67. The second-order valence-electron chi connectivity index (χ2n) is 4.44. The molecule has 0 atom stereocenters. The number of nitrogens with zero attached hydrogens (tertiary/aromatic N) is 2. The van der Waals surface area contributed by atoms with Crippen LogP contribution in [0.5, 0.6) is 0 Å². The molecule has 0 saturated heterocycles. The summed E-state index contributed by atoms with van der Waals surface area (Å²) in [6.45, 7) is 6.12. The molecule has 1 radical (unpaired) electrons. The molecule has 2 aromatic rings. The molecule has 0 amide bonds. The molecule has 0 aliphatic carbocycles. The summed E-state index contributed by atoms with van der Waals surface area (Å²) in [5.74, 6) is 1.18. The van der Waals surface area contributed by atoms with Crippen molar-refractivity contribution in [3.63, 3.8) is 0 Å². The molecule has 3 heteroatoms. The van der Waals surface area contributed by atoms with E-state index in [4.69, 9.17) is 4.42 Å². The Bertz CT molecular complexity index is 440. The fourth-order valence-electron chi connectivity index (χ4n) is 1.16. The molecule has 1 aromatic heterocycles. The zero-order chi connectivity index (χ0) is 10.9. The van der Waals surface area contributed by atoms with Gasteiger partial charge in [0, 0.05) is 11.0 Å². The molecular weight excluding hydrogens is 188 g/mol. The van der Waals surface area contributed by atoms with Gasteiger partial charge < -0.3 is 4.42 Å². The second-order valence-corrected chi connectivity index (χ2v) is 4.44. The van der Waals surface area contributed by atoms with Gasteiger partial charge >= 0.3 is 0 Å². The third kappa shape index (κ3) is 2.06. The van der Waals surface area contributed by atoms with E-state index in [9.17, 15) is 0 Å². The number of benzene rings is 1. The summed E-state index contributed by atoms with van der Waals surface area (Å²) >= 11 is 0. The third-order valence-electron chi connectivity index (χ3n) is 2.01. The van der Waals surface area contributed by atoms with Crippen molar-refractivity contribution in [2.75, 3.05) is 0 Å². The minimum absolute atomic E-state index is 0.111. The summed E-state index contributed by atoms with van der Waals surface area (Å²) in [6.07, 6.45) is 0. The first-order valence-electron chi connectivity index (χ1n) is 4.88.